The van der Waals surface area contributed by atoms with Gasteiger partial charge in [0.15, 0.2) is 0 Å². The fourth-order valence-corrected chi connectivity index (χ4v) is 4.72. The number of nitrogens with zero attached hydrogens (tertiary/aromatic N) is 4. The molecule has 0 saturated carbocycles. The predicted octanol–water partition coefficient (Wildman–Crippen LogP) is 2.40. The lowest BCUT2D eigenvalue weighted by atomic mass is 10.1. The van der Waals surface area contributed by atoms with E-state index in [1.54, 1.807) is 23.8 Å². The number of ether oxygens (including phenoxy) is 1. The minimum atomic E-state index is -2.41. The average Bonchev–Trinajstić information content (AvgIpc) is 3.30. The second-order valence-electron chi connectivity index (χ2n) is 7.21. The lowest BCUT2D eigenvalue weighted by Crippen LogP contribution is -2.40. The first-order valence-corrected chi connectivity index (χ1v) is 10.5. The summed E-state index contributed by atoms with van der Waals surface area (Å²) >= 11 is 1.49. The van der Waals surface area contributed by atoms with Crippen molar-refractivity contribution in [3.8, 4) is 17.1 Å². The first-order chi connectivity index (χ1) is 13.9. The lowest BCUT2D eigenvalue weighted by molar-refractivity contribution is -0.118. The first-order valence-electron chi connectivity index (χ1n) is 9.36. The van der Waals surface area contributed by atoms with Crippen molar-refractivity contribution in [2.24, 2.45) is 5.73 Å². The molecule has 0 aliphatic carbocycles. The Balaban J connectivity index is 1.68. The summed E-state index contributed by atoms with van der Waals surface area (Å²) in [5, 5.41) is 0. The quantitative estimate of drug-likeness (QED) is 0.796. The van der Waals surface area contributed by atoms with E-state index in [1.165, 1.54) is 11.8 Å². The molecule has 2 N–H and O–H groups in total. The number of hydrogen-bond acceptors (Lipinski definition) is 6. The highest BCUT2D eigenvalue weighted by atomic mass is 32.2. The molecule has 0 bridgehead atoms. The van der Waals surface area contributed by atoms with Crippen molar-refractivity contribution in [1.29, 1.82) is 0 Å². The van der Waals surface area contributed by atoms with Crippen LogP contribution in [0.25, 0.3) is 11.4 Å². The van der Waals surface area contributed by atoms with Crippen LogP contribution in [0.1, 0.15) is 6.92 Å². The van der Waals surface area contributed by atoms with E-state index in [1.807, 2.05) is 29.0 Å². The maximum atomic E-state index is 13.4. The molecule has 0 unspecified atom stereocenters. The van der Waals surface area contributed by atoms with Crippen molar-refractivity contribution < 1.29 is 18.3 Å². The van der Waals surface area contributed by atoms with E-state index in [0.717, 1.165) is 11.3 Å². The van der Waals surface area contributed by atoms with Gasteiger partial charge in [-0.15, -0.1) is 11.8 Å². The number of aromatic nitrogens is 2. The number of carbonyl (C=O) groups is 1. The van der Waals surface area contributed by atoms with Gasteiger partial charge in [0.1, 0.15) is 36.1 Å². The first kappa shape index (κ1) is 19.8. The second-order valence-corrected chi connectivity index (χ2v) is 8.21. The molecule has 156 valence electrons. The molecule has 2 aliphatic heterocycles. The van der Waals surface area contributed by atoms with Crippen LogP contribution >= 0.6 is 11.8 Å². The van der Waals surface area contributed by atoms with Crippen molar-refractivity contribution in [2.45, 2.75) is 32.0 Å². The van der Waals surface area contributed by atoms with Crippen LogP contribution in [0, 0.1) is 0 Å². The number of benzene rings is 1. The zero-order valence-electron chi connectivity index (χ0n) is 16.2. The summed E-state index contributed by atoms with van der Waals surface area (Å²) in [6.07, 6.45) is -0.586. The molecule has 1 aromatic carbocycles. The van der Waals surface area contributed by atoms with Crippen molar-refractivity contribution in [2.75, 3.05) is 35.1 Å². The topological polar surface area (TPSA) is 76.6 Å². The number of amides is 1. The van der Waals surface area contributed by atoms with E-state index in [4.69, 9.17) is 10.5 Å². The number of hydrogen-bond donors (Lipinski definition) is 1. The van der Waals surface area contributed by atoms with Crippen molar-refractivity contribution >= 4 is 29.2 Å². The summed E-state index contributed by atoms with van der Waals surface area (Å²) in [5.74, 6) is 2.38. The van der Waals surface area contributed by atoms with Crippen LogP contribution in [0.5, 0.6) is 5.75 Å². The number of imidazole rings is 1. The minimum Gasteiger partial charge on any atom is -0.491 e. The highest BCUT2D eigenvalue weighted by molar-refractivity contribution is 7.99. The van der Waals surface area contributed by atoms with E-state index in [0.29, 0.717) is 42.2 Å². The number of thioether (sulfide) groups is 1. The van der Waals surface area contributed by atoms with Crippen LogP contribution in [-0.2, 0) is 11.3 Å². The molecule has 1 aromatic heterocycles. The number of likely N-dealkylation sites (N-methyl/N-ethyl adjacent to an activating group) is 1. The van der Waals surface area contributed by atoms with Crippen molar-refractivity contribution in [3.63, 3.8) is 0 Å². The molecular formula is C19H23F2N5O2S. The number of fused-ring (bicyclic) bond motifs is 3. The van der Waals surface area contributed by atoms with Gasteiger partial charge in [-0.3, -0.25) is 4.79 Å². The van der Waals surface area contributed by atoms with Gasteiger partial charge in [-0.25, -0.2) is 13.8 Å². The van der Waals surface area contributed by atoms with Crippen molar-refractivity contribution in [3.05, 3.63) is 24.4 Å². The third-order valence-corrected chi connectivity index (χ3v) is 6.50. The third kappa shape index (κ3) is 3.61. The summed E-state index contributed by atoms with van der Waals surface area (Å²) in [7, 11) is 1.79. The molecule has 4 rings (SSSR count). The molecule has 2 atom stereocenters. The molecule has 2 aromatic rings. The lowest BCUT2D eigenvalue weighted by Gasteiger charge is -2.25. The molecule has 29 heavy (non-hydrogen) atoms. The smallest absolute Gasteiger partial charge is 0.259 e. The van der Waals surface area contributed by atoms with Gasteiger partial charge < -0.3 is 24.8 Å². The van der Waals surface area contributed by atoms with Crippen LogP contribution in [0.3, 0.4) is 0 Å². The number of nitrogens with two attached hydrogens (primary N) is 1. The Morgan fingerprint density at radius 3 is 2.97 bits per heavy atom. The Morgan fingerprint density at radius 1 is 1.45 bits per heavy atom. The van der Waals surface area contributed by atoms with Gasteiger partial charge in [-0.05, 0) is 19.1 Å². The van der Waals surface area contributed by atoms with E-state index < -0.39 is 24.4 Å². The van der Waals surface area contributed by atoms with Crippen LogP contribution in [0.15, 0.2) is 24.4 Å². The van der Waals surface area contributed by atoms with Crippen molar-refractivity contribution in [1.82, 2.24) is 9.55 Å². The molecule has 1 amide bonds. The highest BCUT2D eigenvalue weighted by Gasteiger charge is 2.35. The molecule has 3 heterocycles. The molecular weight excluding hydrogens is 400 g/mol. The normalized spacial score (nSPS) is 19.3. The minimum absolute atomic E-state index is 0.396. The Morgan fingerprint density at radius 2 is 2.24 bits per heavy atom. The fraction of sp³-hybridized carbons (Fsp3) is 0.474. The van der Waals surface area contributed by atoms with Gasteiger partial charge in [-0.2, -0.15) is 0 Å². The SMILES string of the molecule is C[C@@H](C(N)=O)N(C)c1ccc2c(c1)OCCn1cc(N3CSC[C@H]3C(F)F)nc1-2. The van der Waals surface area contributed by atoms with E-state index >= 15 is 0 Å². The molecule has 7 nitrogen and oxygen atoms in total. The number of alkyl halides is 2. The maximum absolute atomic E-state index is 13.4. The molecule has 10 heteroatoms. The maximum Gasteiger partial charge on any atom is 0.259 e. The summed E-state index contributed by atoms with van der Waals surface area (Å²) in [5.41, 5.74) is 7.00. The molecule has 0 radical (unpaired) electrons. The molecule has 0 spiro atoms. The summed E-state index contributed by atoms with van der Waals surface area (Å²) in [6, 6.07) is 4.32. The third-order valence-electron chi connectivity index (χ3n) is 5.46. The van der Waals surface area contributed by atoms with Crippen LogP contribution in [0.2, 0.25) is 0 Å². The molecule has 2 aliphatic rings. The van der Waals surface area contributed by atoms with Gasteiger partial charge in [0.05, 0.1) is 18.0 Å². The summed E-state index contributed by atoms with van der Waals surface area (Å²) < 4.78 is 34.6. The number of rotatable bonds is 5. The van der Waals surface area contributed by atoms with Gasteiger partial charge in [0.2, 0.25) is 5.91 Å². The Hall–Kier alpha value is -2.49. The number of halogens is 2. The number of anilines is 2. The van der Waals surface area contributed by atoms with E-state index in [9.17, 15) is 13.6 Å². The Labute approximate surface area is 171 Å². The zero-order chi connectivity index (χ0) is 20.7. The van der Waals surface area contributed by atoms with Gasteiger partial charge in [0.25, 0.3) is 6.43 Å². The highest BCUT2D eigenvalue weighted by Crippen LogP contribution is 2.38. The Bertz CT molecular complexity index is 922. The monoisotopic (exact) mass is 423 g/mol. The molecule has 1 fully saturated rings. The van der Waals surface area contributed by atoms with Gasteiger partial charge >= 0.3 is 0 Å². The van der Waals surface area contributed by atoms with E-state index in [-0.39, 0.29) is 0 Å². The largest absolute Gasteiger partial charge is 0.491 e. The van der Waals surface area contributed by atoms with E-state index in [2.05, 4.69) is 4.98 Å². The zero-order valence-corrected chi connectivity index (χ0v) is 17.0. The number of primary amides is 1. The predicted molar refractivity (Wildman–Crippen MR) is 110 cm³/mol. The van der Waals surface area contributed by atoms with Gasteiger partial charge in [-0.1, -0.05) is 0 Å². The average molecular weight is 423 g/mol. The van der Waals surface area contributed by atoms with Gasteiger partial charge in [0, 0.05) is 30.8 Å². The fourth-order valence-electron chi connectivity index (χ4n) is 3.53. The molecule has 1 saturated heterocycles. The Kier molecular flexibility index (Phi) is 5.28. The second kappa shape index (κ2) is 7.74. The summed E-state index contributed by atoms with van der Waals surface area (Å²) in [6.45, 7) is 2.74. The standard InChI is InChI=1S/C19H23F2N5O2S/c1-11(18(22)27)24(2)12-3-4-13-15(7-12)28-6-5-25-8-16(23-19(13)25)26-10-29-9-14(26)17(20)21/h3-4,7-8,11,14,17H,5-6,9-10H2,1-2H3,(H2,22,27)/t11-,14-/m0/s1. The van der Waals surface area contributed by atoms with Crippen LogP contribution in [-0.4, -0.2) is 59.3 Å². The summed E-state index contributed by atoms with van der Waals surface area (Å²) in [4.78, 5) is 19.6. The van der Waals surface area contributed by atoms with Crippen LogP contribution in [0.4, 0.5) is 20.3 Å². The number of carbonyl (C=O) groups excluding carboxylic acids is 1. The van der Waals surface area contributed by atoms with Crippen LogP contribution < -0.4 is 20.3 Å².